The molecule has 1 aliphatic heterocycles. The summed E-state index contributed by atoms with van der Waals surface area (Å²) < 4.78 is 11.1. The first-order valence-electron chi connectivity index (χ1n) is 11.1. The second-order valence-electron chi connectivity index (χ2n) is 8.07. The standard InChI is InChI=1S/C27H25N3O5/c1-18-15-24(21-11-12-25(28-17-21)20-7-6-8-22(16-20)30(32)33)26(19(2)29-18)27(31)35-14-13-34-23-9-4-3-5-10-23/h3-12,15-17,24,29H,13-14H2,1-2H3. The van der Waals surface area contributed by atoms with E-state index in [0.29, 0.717) is 28.3 Å². The summed E-state index contributed by atoms with van der Waals surface area (Å²) in [4.78, 5) is 28.2. The molecule has 1 aliphatic rings. The Bertz CT molecular complexity index is 1280. The first-order valence-corrected chi connectivity index (χ1v) is 11.1. The van der Waals surface area contributed by atoms with Gasteiger partial charge in [0.1, 0.15) is 19.0 Å². The summed E-state index contributed by atoms with van der Waals surface area (Å²) in [5, 5.41) is 14.3. The zero-order valence-corrected chi connectivity index (χ0v) is 19.4. The third kappa shape index (κ3) is 5.73. The predicted octanol–water partition coefficient (Wildman–Crippen LogP) is 5.14. The molecule has 0 aliphatic carbocycles. The smallest absolute Gasteiger partial charge is 0.336 e. The molecule has 0 radical (unpaired) electrons. The third-order valence-electron chi connectivity index (χ3n) is 5.56. The van der Waals surface area contributed by atoms with Crippen molar-refractivity contribution in [1.82, 2.24) is 10.3 Å². The van der Waals surface area contributed by atoms with Gasteiger partial charge < -0.3 is 14.8 Å². The maximum Gasteiger partial charge on any atom is 0.336 e. The first kappa shape index (κ1) is 23.7. The van der Waals surface area contributed by atoms with Gasteiger partial charge in [0.15, 0.2) is 0 Å². The topological polar surface area (TPSA) is 104 Å². The van der Waals surface area contributed by atoms with Crippen LogP contribution in [-0.4, -0.2) is 29.1 Å². The van der Waals surface area contributed by atoms with E-state index in [4.69, 9.17) is 9.47 Å². The number of non-ortho nitro benzene ring substituents is 1. The van der Waals surface area contributed by atoms with E-state index in [0.717, 1.165) is 11.3 Å². The highest BCUT2D eigenvalue weighted by atomic mass is 16.6. The number of allylic oxidation sites excluding steroid dienone is 3. The molecule has 0 amide bonds. The number of nitrogens with zero attached hydrogens (tertiary/aromatic N) is 2. The van der Waals surface area contributed by atoms with Crippen molar-refractivity contribution in [3.05, 3.63) is 112 Å². The van der Waals surface area contributed by atoms with Crippen molar-refractivity contribution in [2.24, 2.45) is 0 Å². The fourth-order valence-electron chi connectivity index (χ4n) is 3.94. The Morgan fingerprint density at radius 1 is 1.06 bits per heavy atom. The summed E-state index contributed by atoms with van der Waals surface area (Å²) in [6, 6.07) is 19.3. The highest BCUT2D eigenvalue weighted by Gasteiger charge is 2.28. The van der Waals surface area contributed by atoms with E-state index >= 15 is 0 Å². The van der Waals surface area contributed by atoms with E-state index in [-0.39, 0.29) is 24.8 Å². The molecular formula is C27H25N3O5. The van der Waals surface area contributed by atoms with E-state index in [1.54, 1.807) is 24.4 Å². The zero-order valence-electron chi connectivity index (χ0n) is 19.4. The van der Waals surface area contributed by atoms with Crippen LogP contribution >= 0.6 is 0 Å². The van der Waals surface area contributed by atoms with Crippen LogP contribution in [0.5, 0.6) is 5.75 Å². The van der Waals surface area contributed by atoms with Crippen LogP contribution in [-0.2, 0) is 9.53 Å². The molecule has 4 rings (SSSR count). The maximum absolute atomic E-state index is 13.0. The number of hydrogen-bond acceptors (Lipinski definition) is 7. The number of dihydropyridines is 1. The van der Waals surface area contributed by atoms with Gasteiger partial charge >= 0.3 is 5.97 Å². The second kappa shape index (κ2) is 10.6. The summed E-state index contributed by atoms with van der Waals surface area (Å²) in [5.41, 5.74) is 4.20. The number of rotatable bonds is 8. The van der Waals surface area contributed by atoms with Gasteiger partial charge in [-0.05, 0) is 37.6 Å². The van der Waals surface area contributed by atoms with Gasteiger partial charge in [0, 0.05) is 41.2 Å². The van der Waals surface area contributed by atoms with Crippen LogP contribution < -0.4 is 10.1 Å². The number of nitro benzene ring substituents is 1. The lowest BCUT2D eigenvalue weighted by atomic mass is 9.87. The summed E-state index contributed by atoms with van der Waals surface area (Å²) >= 11 is 0. The van der Waals surface area contributed by atoms with Crippen LogP contribution in [0, 0.1) is 10.1 Å². The van der Waals surface area contributed by atoms with Crippen molar-refractivity contribution >= 4 is 11.7 Å². The highest BCUT2D eigenvalue weighted by molar-refractivity contribution is 5.92. The van der Waals surface area contributed by atoms with Gasteiger partial charge in [0.25, 0.3) is 5.69 Å². The summed E-state index contributed by atoms with van der Waals surface area (Å²) in [5.74, 6) is -0.0572. The number of carbonyl (C=O) groups excluding carboxylic acids is 1. The molecule has 0 bridgehead atoms. The molecule has 35 heavy (non-hydrogen) atoms. The Balaban J connectivity index is 1.48. The molecule has 178 valence electrons. The van der Waals surface area contributed by atoms with Gasteiger partial charge in [-0.2, -0.15) is 0 Å². The predicted molar refractivity (Wildman–Crippen MR) is 132 cm³/mol. The maximum atomic E-state index is 13.0. The molecule has 0 spiro atoms. The average Bonchev–Trinajstić information content (AvgIpc) is 2.87. The van der Waals surface area contributed by atoms with Gasteiger partial charge in [-0.25, -0.2) is 4.79 Å². The lowest BCUT2D eigenvalue weighted by molar-refractivity contribution is -0.384. The molecule has 3 aromatic rings. The van der Waals surface area contributed by atoms with Crippen LogP contribution in [0.25, 0.3) is 11.3 Å². The van der Waals surface area contributed by atoms with E-state index in [9.17, 15) is 14.9 Å². The normalized spacial score (nSPS) is 15.1. The summed E-state index contributed by atoms with van der Waals surface area (Å²) in [6.45, 7) is 4.13. The van der Waals surface area contributed by atoms with Gasteiger partial charge in [0.2, 0.25) is 0 Å². The molecule has 1 atom stereocenters. The van der Waals surface area contributed by atoms with E-state index in [1.165, 1.54) is 12.1 Å². The number of benzene rings is 2. The van der Waals surface area contributed by atoms with Gasteiger partial charge in [-0.15, -0.1) is 0 Å². The Labute approximate surface area is 203 Å². The van der Waals surface area contributed by atoms with Crippen LogP contribution in [0.1, 0.15) is 25.3 Å². The quantitative estimate of drug-likeness (QED) is 0.210. The lowest BCUT2D eigenvalue weighted by Crippen LogP contribution is -2.26. The summed E-state index contributed by atoms with van der Waals surface area (Å²) in [6.07, 6.45) is 3.64. The van der Waals surface area contributed by atoms with Crippen molar-refractivity contribution in [2.45, 2.75) is 19.8 Å². The Morgan fingerprint density at radius 3 is 2.57 bits per heavy atom. The molecule has 0 saturated carbocycles. The Hall–Kier alpha value is -4.46. The van der Waals surface area contributed by atoms with Gasteiger partial charge in [-0.3, -0.25) is 15.1 Å². The largest absolute Gasteiger partial charge is 0.490 e. The van der Waals surface area contributed by atoms with E-state index < -0.39 is 10.9 Å². The number of hydrogen-bond donors (Lipinski definition) is 1. The van der Waals surface area contributed by atoms with Gasteiger partial charge in [-0.1, -0.05) is 42.5 Å². The number of pyridine rings is 1. The van der Waals surface area contributed by atoms with Crippen LogP contribution in [0.15, 0.2) is 96.0 Å². The fraction of sp³-hybridized carbons (Fsp3) is 0.185. The molecule has 1 N–H and O–H groups in total. The molecule has 1 unspecified atom stereocenters. The minimum Gasteiger partial charge on any atom is -0.490 e. The number of nitrogens with one attached hydrogen (secondary N) is 1. The molecular weight excluding hydrogens is 446 g/mol. The highest BCUT2D eigenvalue weighted by Crippen LogP contribution is 2.33. The molecule has 1 aromatic heterocycles. The molecule has 8 nitrogen and oxygen atoms in total. The first-order chi connectivity index (χ1) is 16.9. The Morgan fingerprint density at radius 2 is 1.86 bits per heavy atom. The number of aromatic nitrogens is 1. The minimum absolute atomic E-state index is 0.00474. The molecule has 8 heteroatoms. The van der Waals surface area contributed by atoms with Crippen molar-refractivity contribution in [1.29, 1.82) is 0 Å². The van der Waals surface area contributed by atoms with Crippen LogP contribution in [0.4, 0.5) is 5.69 Å². The third-order valence-corrected chi connectivity index (χ3v) is 5.56. The monoisotopic (exact) mass is 471 g/mol. The molecule has 0 saturated heterocycles. The number of ether oxygens (including phenoxy) is 2. The lowest BCUT2D eigenvalue weighted by Gasteiger charge is -2.25. The van der Waals surface area contributed by atoms with E-state index in [2.05, 4.69) is 10.3 Å². The SMILES string of the molecule is CC1=CC(c2ccc(-c3cccc([N+](=O)[O-])c3)nc2)C(C(=O)OCCOc2ccccc2)=C(C)N1. The van der Waals surface area contributed by atoms with Crippen LogP contribution in [0.2, 0.25) is 0 Å². The van der Waals surface area contributed by atoms with E-state index in [1.807, 2.05) is 56.3 Å². The van der Waals surface area contributed by atoms with Crippen LogP contribution in [0.3, 0.4) is 0 Å². The number of carbonyl (C=O) groups is 1. The summed E-state index contributed by atoms with van der Waals surface area (Å²) in [7, 11) is 0. The number of nitro groups is 1. The molecule has 2 aromatic carbocycles. The van der Waals surface area contributed by atoms with Crippen molar-refractivity contribution in [3.8, 4) is 17.0 Å². The number of esters is 1. The van der Waals surface area contributed by atoms with Crippen molar-refractivity contribution < 1.29 is 19.2 Å². The molecule has 0 fully saturated rings. The zero-order chi connectivity index (χ0) is 24.8. The molecule has 2 heterocycles. The number of para-hydroxylation sites is 1. The average molecular weight is 472 g/mol. The van der Waals surface area contributed by atoms with Crippen molar-refractivity contribution in [3.63, 3.8) is 0 Å². The van der Waals surface area contributed by atoms with Crippen molar-refractivity contribution in [2.75, 3.05) is 13.2 Å². The minimum atomic E-state index is -0.434. The fourth-order valence-corrected chi connectivity index (χ4v) is 3.94. The second-order valence-corrected chi connectivity index (χ2v) is 8.07. The van der Waals surface area contributed by atoms with Gasteiger partial charge in [0.05, 0.1) is 16.2 Å². The Kier molecular flexibility index (Phi) is 7.21.